The normalized spacial score (nSPS) is 10.8. The Morgan fingerprint density at radius 2 is 2.09 bits per heavy atom. The van der Waals surface area contributed by atoms with Crippen LogP contribution in [0.15, 0.2) is 40.2 Å². The number of carbonyl (C=O) groups is 1. The summed E-state index contributed by atoms with van der Waals surface area (Å²) in [6.07, 6.45) is 0. The summed E-state index contributed by atoms with van der Waals surface area (Å²) in [6, 6.07) is 11.9. The van der Waals surface area contributed by atoms with Gasteiger partial charge in [-0.25, -0.2) is 9.78 Å². The molecular weight excluding hydrogens is 382 g/mol. The lowest BCUT2D eigenvalue weighted by atomic mass is 10.3. The Morgan fingerprint density at radius 3 is 2.82 bits per heavy atom. The lowest BCUT2D eigenvalue weighted by molar-refractivity contribution is 0.207. The van der Waals surface area contributed by atoms with Crippen molar-refractivity contribution >= 4 is 54.9 Å². The standard InChI is InChI=1S/C15H14BrN3OS2/c1-19(9-10-6-7-13(16)21-10)15(20)17-8-14-18-11-4-2-3-5-12(11)22-14/h2-7H,8-9H2,1H3,(H,17,20). The highest BCUT2D eigenvalue weighted by molar-refractivity contribution is 9.11. The van der Waals surface area contributed by atoms with Gasteiger partial charge in [0.1, 0.15) is 5.01 Å². The van der Waals surface area contributed by atoms with Crippen molar-refractivity contribution in [1.29, 1.82) is 0 Å². The molecule has 2 amide bonds. The average molecular weight is 396 g/mol. The monoisotopic (exact) mass is 395 g/mol. The zero-order chi connectivity index (χ0) is 15.5. The molecule has 1 aromatic carbocycles. The molecule has 3 rings (SSSR count). The number of thiophene rings is 1. The third-order valence-electron chi connectivity index (χ3n) is 3.10. The smallest absolute Gasteiger partial charge is 0.317 e. The minimum Gasteiger partial charge on any atom is -0.331 e. The van der Waals surface area contributed by atoms with E-state index < -0.39 is 0 Å². The zero-order valence-corrected chi connectivity index (χ0v) is 15.1. The fourth-order valence-electron chi connectivity index (χ4n) is 2.02. The lowest BCUT2D eigenvalue weighted by Gasteiger charge is -2.16. The second-order valence-electron chi connectivity index (χ2n) is 4.80. The van der Waals surface area contributed by atoms with Crippen LogP contribution < -0.4 is 5.32 Å². The highest BCUT2D eigenvalue weighted by Gasteiger charge is 2.11. The van der Waals surface area contributed by atoms with Gasteiger partial charge in [-0.05, 0) is 40.2 Å². The molecule has 22 heavy (non-hydrogen) atoms. The number of amides is 2. The molecular formula is C15H14BrN3OS2. The molecule has 0 aliphatic carbocycles. The molecule has 7 heteroatoms. The Bertz CT molecular complexity index is 766. The van der Waals surface area contributed by atoms with Crippen LogP contribution in [0.2, 0.25) is 0 Å². The third kappa shape index (κ3) is 3.66. The number of rotatable bonds is 4. The zero-order valence-electron chi connectivity index (χ0n) is 11.9. The topological polar surface area (TPSA) is 45.2 Å². The molecule has 0 atom stereocenters. The van der Waals surface area contributed by atoms with Crippen LogP contribution in [0.4, 0.5) is 4.79 Å². The van der Waals surface area contributed by atoms with E-state index in [1.54, 1.807) is 34.6 Å². The van der Waals surface area contributed by atoms with Gasteiger partial charge in [-0.15, -0.1) is 22.7 Å². The summed E-state index contributed by atoms with van der Waals surface area (Å²) in [5.74, 6) is 0. The molecule has 0 radical (unpaired) electrons. The first kappa shape index (κ1) is 15.5. The highest BCUT2D eigenvalue weighted by atomic mass is 79.9. The highest BCUT2D eigenvalue weighted by Crippen LogP contribution is 2.23. The molecule has 0 fully saturated rings. The minimum absolute atomic E-state index is 0.0937. The van der Waals surface area contributed by atoms with Gasteiger partial charge in [0.2, 0.25) is 0 Å². The molecule has 3 aromatic rings. The number of carbonyl (C=O) groups excluding carboxylic acids is 1. The average Bonchev–Trinajstić information content (AvgIpc) is 3.10. The quantitative estimate of drug-likeness (QED) is 0.708. The van der Waals surface area contributed by atoms with Gasteiger partial charge in [0, 0.05) is 11.9 Å². The van der Waals surface area contributed by atoms with Gasteiger partial charge in [0.05, 0.1) is 27.1 Å². The first-order chi connectivity index (χ1) is 10.6. The number of hydrogen-bond donors (Lipinski definition) is 1. The Kier molecular flexibility index (Phi) is 4.75. The van der Waals surface area contributed by atoms with Crippen LogP contribution in [0.5, 0.6) is 0 Å². The molecule has 2 aromatic heterocycles. The van der Waals surface area contributed by atoms with Crippen molar-refractivity contribution in [2.75, 3.05) is 7.05 Å². The van der Waals surface area contributed by atoms with E-state index in [1.807, 2.05) is 36.4 Å². The fourth-order valence-corrected chi connectivity index (χ4v) is 4.47. The fraction of sp³-hybridized carbons (Fsp3) is 0.200. The summed E-state index contributed by atoms with van der Waals surface area (Å²) in [4.78, 5) is 19.5. The van der Waals surface area contributed by atoms with Crippen LogP contribution >= 0.6 is 38.6 Å². The number of hydrogen-bond acceptors (Lipinski definition) is 4. The second kappa shape index (κ2) is 6.76. The number of halogens is 1. The molecule has 4 nitrogen and oxygen atoms in total. The van der Waals surface area contributed by atoms with Crippen molar-refractivity contribution in [3.8, 4) is 0 Å². The van der Waals surface area contributed by atoms with E-state index in [4.69, 9.17) is 0 Å². The van der Waals surface area contributed by atoms with E-state index in [0.29, 0.717) is 13.1 Å². The minimum atomic E-state index is -0.0937. The number of para-hydroxylation sites is 1. The van der Waals surface area contributed by atoms with Gasteiger partial charge in [-0.1, -0.05) is 12.1 Å². The molecule has 0 spiro atoms. The maximum atomic E-state index is 12.1. The molecule has 0 unspecified atom stereocenters. The Labute approximate surface area is 144 Å². The van der Waals surface area contributed by atoms with Crippen LogP contribution in [0.1, 0.15) is 9.88 Å². The lowest BCUT2D eigenvalue weighted by Crippen LogP contribution is -2.36. The number of benzene rings is 1. The largest absolute Gasteiger partial charge is 0.331 e. The first-order valence-corrected chi connectivity index (χ1v) is 9.12. The van der Waals surface area contributed by atoms with Crippen molar-refractivity contribution in [2.24, 2.45) is 0 Å². The summed E-state index contributed by atoms with van der Waals surface area (Å²) in [5, 5.41) is 3.83. The van der Waals surface area contributed by atoms with Gasteiger partial charge >= 0.3 is 6.03 Å². The first-order valence-electron chi connectivity index (χ1n) is 6.69. The molecule has 0 aliphatic heterocycles. The SMILES string of the molecule is CN(Cc1ccc(Br)s1)C(=O)NCc1nc2ccccc2s1. The molecule has 114 valence electrons. The number of thiazole rings is 1. The van der Waals surface area contributed by atoms with Crippen molar-refractivity contribution in [3.63, 3.8) is 0 Å². The summed E-state index contributed by atoms with van der Waals surface area (Å²) < 4.78 is 2.22. The van der Waals surface area contributed by atoms with Crippen LogP contribution in [0.25, 0.3) is 10.2 Å². The molecule has 2 heterocycles. The van der Waals surface area contributed by atoms with Crippen LogP contribution in [-0.2, 0) is 13.1 Å². The predicted molar refractivity (Wildman–Crippen MR) is 95.3 cm³/mol. The summed E-state index contributed by atoms with van der Waals surface area (Å²) in [7, 11) is 1.79. The Hall–Kier alpha value is -1.44. The van der Waals surface area contributed by atoms with Crippen molar-refractivity contribution < 1.29 is 4.79 Å². The van der Waals surface area contributed by atoms with Crippen LogP contribution in [0.3, 0.4) is 0 Å². The van der Waals surface area contributed by atoms with Crippen molar-refractivity contribution in [1.82, 2.24) is 15.2 Å². The summed E-state index contributed by atoms with van der Waals surface area (Å²) >= 11 is 6.68. The third-order valence-corrected chi connectivity index (χ3v) is 5.74. The van der Waals surface area contributed by atoms with E-state index in [-0.39, 0.29) is 6.03 Å². The maximum Gasteiger partial charge on any atom is 0.317 e. The van der Waals surface area contributed by atoms with Gasteiger partial charge in [0.15, 0.2) is 0 Å². The van der Waals surface area contributed by atoms with Gasteiger partial charge in [-0.2, -0.15) is 0 Å². The second-order valence-corrected chi connectivity index (χ2v) is 8.46. The Balaban J connectivity index is 1.57. The number of aromatic nitrogens is 1. The van der Waals surface area contributed by atoms with E-state index in [9.17, 15) is 4.79 Å². The van der Waals surface area contributed by atoms with E-state index >= 15 is 0 Å². The summed E-state index contributed by atoms with van der Waals surface area (Å²) in [6.45, 7) is 1.05. The molecule has 1 N–H and O–H groups in total. The van der Waals surface area contributed by atoms with E-state index in [2.05, 4.69) is 26.2 Å². The molecule has 0 saturated carbocycles. The molecule has 0 aliphatic rings. The summed E-state index contributed by atoms with van der Waals surface area (Å²) in [5.41, 5.74) is 0.980. The van der Waals surface area contributed by atoms with Gasteiger partial charge in [0.25, 0.3) is 0 Å². The van der Waals surface area contributed by atoms with Crippen LogP contribution in [-0.4, -0.2) is 23.0 Å². The number of nitrogens with zero attached hydrogens (tertiary/aromatic N) is 2. The van der Waals surface area contributed by atoms with Crippen molar-refractivity contribution in [3.05, 3.63) is 50.1 Å². The maximum absolute atomic E-state index is 12.1. The predicted octanol–water partition coefficient (Wildman–Crippen LogP) is 4.46. The number of nitrogens with one attached hydrogen (secondary N) is 1. The van der Waals surface area contributed by atoms with E-state index in [0.717, 1.165) is 23.9 Å². The van der Waals surface area contributed by atoms with Crippen molar-refractivity contribution in [2.45, 2.75) is 13.1 Å². The van der Waals surface area contributed by atoms with Gasteiger partial charge in [-0.3, -0.25) is 0 Å². The van der Waals surface area contributed by atoms with Gasteiger partial charge < -0.3 is 10.2 Å². The molecule has 0 bridgehead atoms. The van der Waals surface area contributed by atoms with Crippen LogP contribution in [0, 0.1) is 0 Å². The Morgan fingerprint density at radius 1 is 1.27 bits per heavy atom. The van der Waals surface area contributed by atoms with E-state index in [1.165, 1.54) is 0 Å². The molecule has 0 saturated heterocycles. The number of fused-ring (bicyclic) bond motifs is 1. The number of urea groups is 1.